The number of nitrogens with zero attached hydrogens (tertiary/aromatic N) is 2. The molecule has 2 atom stereocenters. The van der Waals surface area contributed by atoms with E-state index in [0.717, 1.165) is 12.0 Å². The second-order valence-corrected chi connectivity index (χ2v) is 10.3. The van der Waals surface area contributed by atoms with Crippen LogP contribution in [0.3, 0.4) is 0 Å². The van der Waals surface area contributed by atoms with Crippen LogP contribution in [0, 0.1) is 25.7 Å². The van der Waals surface area contributed by atoms with Crippen molar-refractivity contribution in [1.82, 2.24) is 14.8 Å². The molecule has 0 aliphatic carbocycles. The molecule has 1 aromatic carbocycles. The summed E-state index contributed by atoms with van der Waals surface area (Å²) in [6.45, 7) is 6.68. The summed E-state index contributed by atoms with van der Waals surface area (Å²) >= 11 is 0. The van der Waals surface area contributed by atoms with Crippen LogP contribution in [0.15, 0.2) is 27.6 Å². The van der Waals surface area contributed by atoms with E-state index >= 15 is 0 Å². The number of hydrogen-bond donors (Lipinski definition) is 1. The molecule has 4 rings (SSSR count). The van der Waals surface area contributed by atoms with Crippen LogP contribution in [0.5, 0.6) is 11.5 Å². The summed E-state index contributed by atoms with van der Waals surface area (Å²) in [4.78, 5) is 12.8. The number of fused-ring (bicyclic) bond motifs is 1. The first-order chi connectivity index (χ1) is 15.3. The summed E-state index contributed by atoms with van der Waals surface area (Å²) in [5, 5.41) is 6.76. The summed E-state index contributed by atoms with van der Waals surface area (Å²) < 4.78 is 43.6. The van der Waals surface area contributed by atoms with E-state index in [-0.39, 0.29) is 29.4 Å². The normalized spacial score (nSPS) is 21.0. The molecule has 1 fully saturated rings. The topological polar surface area (TPSA) is 111 Å². The maximum Gasteiger partial charge on any atom is 0.248 e. The zero-order valence-corrected chi connectivity index (χ0v) is 19.4. The molecular weight excluding hydrogens is 434 g/mol. The zero-order chi connectivity index (χ0) is 22.9. The molecule has 10 heteroatoms. The molecule has 2 aliphatic heterocycles. The summed E-state index contributed by atoms with van der Waals surface area (Å²) in [6.07, 6.45) is 1.81. The third-order valence-electron chi connectivity index (χ3n) is 6.32. The van der Waals surface area contributed by atoms with Crippen molar-refractivity contribution in [3.63, 3.8) is 0 Å². The van der Waals surface area contributed by atoms with Crippen LogP contribution in [-0.2, 0) is 21.4 Å². The van der Waals surface area contributed by atoms with Crippen LogP contribution in [0.4, 0.5) is 0 Å². The van der Waals surface area contributed by atoms with Crippen molar-refractivity contribution >= 4 is 15.9 Å². The Labute approximate surface area is 188 Å². The molecule has 9 nitrogen and oxygen atoms in total. The van der Waals surface area contributed by atoms with Gasteiger partial charge in [0.25, 0.3) is 0 Å². The van der Waals surface area contributed by atoms with E-state index < -0.39 is 10.0 Å². The first-order valence-corrected chi connectivity index (χ1v) is 12.3. The number of rotatable bonds is 7. The van der Waals surface area contributed by atoms with E-state index in [1.54, 1.807) is 13.8 Å². The van der Waals surface area contributed by atoms with E-state index in [1.807, 2.05) is 25.1 Å². The third-order valence-corrected chi connectivity index (χ3v) is 8.43. The van der Waals surface area contributed by atoms with Crippen molar-refractivity contribution in [3.8, 4) is 11.5 Å². The highest BCUT2D eigenvalue weighted by molar-refractivity contribution is 7.89. The van der Waals surface area contributed by atoms with Crippen molar-refractivity contribution in [2.24, 2.45) is 11.8 Å². The van der Waals surface area contributed by atoms with Crippen LogP contribution in [0.2, 0.25) is 0 Å². The lowest BCUT2D eigenvalue weighted by molar-refractivity contribution is -0.122. The average Bonchev–Trinajstić information content (AvgIpc) is 3.37. The summed E-state index contributed by atoms with van der Waals surface area (Å²) in [7, 11) is -3.67. The second-order valence-electron chi connectivity index (χ2n) is 8.40. The number of sulfonamides is 1. The average molecular weight is 464 g/mol. The Morgan fingerprint density at radius 2 is 2.00 bits per heavy atom. The molecule has 1 amide bonds. The monoisotopic (exact) mass is 463 g/mol. The van der Waals surface area contributed by atoms with E-state index in [4.69, 9.17) is 14.0 Å². The largest absolute Gasteiger partial charge is 0.454 e. The van der Waals surface area contributed by atoms with E-state index in [1.165, 1.54) is 4.31 Å². The number of ether oxygens (including phenoxy) is 2. The second kappa shape index (κ2) is 9.11. The van der Waals surface area contributed by atoms with Gasteiger partial charge in [-0.3, -0.25) is 4.79 Å². The van der Waals surface area contributed by atoms with Crippen LogP contribution >= 0.6 is 0 Å². The number of aromatic nitrogens is 1. The molecule has 2 aliphatic rings. The lowest BCUT2D eigenvalue weighted by Crippen LogP contribution is -2.45. The van der Waals surface area contributed by atoms with Gasteiger partial charge in [0.15, 0.2) is 17.3 Å². The fourth-order valence-electron chi connectivity index (χ4n) is 4.53. The minimum absolute atomic E-state index is 0.0341. The smallest absolute Gasteiger partial charge is 0.248 e. The molecule has 3 heterocycles. The quantitative estimate of drug-likeness (QED) is 0.672. The van der Waals surface area contributed by atoms with Crippen molar-refractivity contribution in [1.29, 1.82) is 0 Å². The van der Waals surface area contributed by atoms with Gasteiger partial charge in [-0.15, -0.1) is 0 Å². The van der Waals surface area contributed by atoms with Gasteiger partial charge in [0.2, 0.25) is 22.7 Å². The Morgan fingerprint density at radius 3 is 2.72 bits per heavy atom. The molecular formula is C22H29N3O6S. The standard InChI is InChI=1S/C22H29N3O6S/c1-4-17-12-25(32(27,28)22-14(2)24-31-15(22)3)8-7-18(17)10-21(26)23-11-16-5-6-19-20(9-16)30-13-29-19/h5-6,9,17-18H,4,7-8,10-13H2,1-3H3,(H,23,26). The molecule has 0 bridgehead atoms. The number of amides is 1. The zero-order valence-electron chi connectivity index (χ0n) is 18.6. The van der Waals surface area contributed by atoms with E-state index in [2.05, 4.69) is 10.5 Å². The third kappa shape index (κ3) is 4.47. The molecule has 1 N–H and O–H groups in total. The number of nitrogens with one attached hydrogen (secondary N) is 1. The maximum absolute atomic E-state index is 13.1. The van der Waals surface area contributed by atoms with Gasteiger partial charge in [-0.1, -0.05) is 24.6 Å². The van der Waals surface area contributed by atoms with Crippen molar-refractivity contribution in [2.75, 3.05) is 19.9 Å². The van der Waals surface area contributed by atoms with Gasteiger partial charge in [0.05, 0.1) is 0 Å². The highest BCUT2D eigenvalue weighted by Gasteiger charge is 2.38. The van der Waals surface area contributed by atoms with Crippen molar-refractivity contribution in [2.45, 2.75) is 51.5 Å². The van der Waals surface area contributed by atoms with E-state index in [9.17, 15) is 13.2 Å². The SMILES string of the molecule is CCC1CN(S(=O)(=O)c2c(C)noc2C)CCC1CC(=O)NCc1ccc2c(c1)OCO2. The first kappa shape index (κ1) is 22.6. The molecule has 1 saturated heterocycles. The highest BCUT2D eigenvalue weighted by Crippen LogP contribution is 2.34. The molecule has 0 saturated carbocycles. The number of carbonyl (C=O) groups is 1. The number of benzene rings is 1. The van der Waals surface area contributed by atoms with Crippen LogP contribution in [0.1, 0.15) is 43.2 Å². The molecule has 1 aromatic heterocycles. The van der Waals surface area contributed by atoms with Gasteiger partial charge in [-0.05, 0) is 49.8 Å². The van der Waals surface area contributed by atoms with Crippen LogP contribution in [0.25, 0.3) is 0 Å². The summed E-state index contributed by atoms with van der Waals surface area (Å²) in [5.74, 6) is 1.91. The number of piperidine rings is 1. The van der Waals surface area contributed by atoms with Crippen LogP contribution in [-0.4, -0.2) is 43.7 Å². The summed E-state index contributed by atoms with van der Waals surface area (Å²) in [5.41, 5.74) is 1.32. The molecule has 174 valence electrons. The van der Waals surface area contributed by atoms with E-state index in [0.29, 0.717) is 55.4 Å². The fourth-order valence-corrected chi connectivity index (χ4v) is 6.33. The Morgan fingerprint density at radius 1 is 1.22 bits per heavy atom. The van der Waals surface area contributed by atoms with Crippen molar-refractivity contribution < 1.29 is 27.2 Å². The first-order valence-electron chi connectivity index (χ1n) is 10.9. The molecule has 2 unspecified atom stereocenters. The van der Waals surface area contributed by atoms with Crippen molar-refractivity contribution in [3.05, 3.63) is 35.2 Å². The van der Waals surface area contributed by atoms with Crippen LogP contribution < -0.4 is 14.8 Å². The Kier molecular flexibility index (Phi) is 6.43. The minimum atomic E-state index is -3.67. The van der Waals surface area contributed by atoms with Gasteiger partial charge in [0, 0.05) is 26.1 Å². The lowest BCUT2D eigenvalue weighted by atomic mass is 9.82. The van der Waals surface area contributed by atoms with Gasteiger partial charge in [-0.25, -0.2) is 8.42 Å². The summed E-state index contributed by atoms with van der Waals surface area (Å²) in [6, 6.07) is 5.61. The number of aryl methyl sites for hydroxylation is 2. The Balaban J connectivity index is 1.35. The minimum Gasteiger partial charge on any atom is -0.454 e. The molecule has 2 aromatic rings. The predicted molar refractivity (Wildman–Crippen MR) is 116 cm³/mol. The lowest BCUT2D eigenvalue weighted by Gasteiger charge is -2.37. The number of hydrogen-bond acceptors (Lipinski definition) is 7. The maximum atomic E-state index is 13.1. The Bertz CT molecular complexity index is 1080. The highest BCUT2D eigenvalue weighted by atomic mass is 32.2. The molecule has 0 radical (unpaired) electrons. The number of carbonyl (C=O) groups excluding carboxylic acids is 1. The molecule has 32 heavy (non-hydrogen) atoms. The fraction of sp³-hybridized carbons (Fsp3) is 0.545. The van der Waals surface area contributed by atoms with Gasteiger partial charge in [0.1, 0.15) is 10.6 Å². The van der Waals surface area contributed by atoms with Gasteiger partial charge < -0.3 is 19.3 Å². The predicted octanol–water partition coefficient (Wildman–Crippen LogP) is 2.76. The molecule has 0 spiro atoms. The van der Waals surface area contributed by atoms with Gasteiger partial charge in [-0.2, -0.15) is 4.31 Å². The van der Waals surface area contributed by atoms with Gasteiger partial charge >= 0.3 is 0 Å². The Hall–Kier alpha value is -2.59.